The van der Waals surface area contributed by atoms with Crippen LogP contribution in [-0.2, 0) is 7.05 Å². The van der Waals surface area contributed by atoms with Crippen LogP contribution in [0.3, 0.4) is 0 Å². The molecule has 150 valence electrons. The van der Waals surface area contributed by atoms with E-state index in [0.717, 1.165) is 30.5 Å². The Morgan fingerprint density at radius 2 is 1.57 bits per heavy atom. The molecule has 1 aliphatic heterocycles. The molecule has 0 saturated carbocycles. The average Bonchev–Trinajstić information content (AvgIpc) is 3.24. The lowest BCUT2D eigenvalue weighted by Gasteiger charge is -2.27. The topological polar surface area (TPSA) is 25.2 Å². The highest BCUT2D eigenvalue weighted by Crippen LogP contribution is 2.46. The third-order valence-electron chi connectivity index (χ3n) is 6.28. The van der Waals surface area contributed by atoms with E-state index in [0.29, 0.717) is 0 Å². The van der Waals surface area contributed by atoms with E-state index in [4.69, 9.17) is 0 Å². The number of rotatable bonds is 5. The fourth-order valence-electron chi connectivity index (χ4n) is 4.89. The molecule has 2 heterocycles. The van der Waals surface area contributed by atoms with Crippen LogP contribution in [0, 0.1) is 0 Å². The van der Waals surface area contributed by atoms with Crippen molar-refractivity contribution in [2.75, 3.05) is 6.54 Å². The first-order chi connectivity index (χ1) is 14.7. The first kappa shape index (κ1) is 18.7. The van der Waals surface area contributed by atoms with E-state index in [9.17, 15) is 4.79 Å². The molecule has 0 unspecified atom stereocenters. The standard InChI is InChI=1S/C27H26N2O/c1-3-4-18-29-26(20-14-8-9-15-21(20)27(29)30)24-22-16-10-11-17-23(22)28(2)25(24)19-12-6-5-7-13-19/h5-17,26H,3-4,18H2,1-2H3/t26-/m1/s1. The number of carbonyl (C=O) groups excluding carboxylic acids is 1. The van der Waals surface area contributed by atoms with Gasteiger partial charge in [-0.15, -0.1) is 0 Å². The van der Waals surface area contributed by atoms with Crippen molar-refractivity contribution in [2.24, 2.45) is 7.05 Å². The lowest BCUT2D eigenvalue weighted by Crippen LogP contribution is -2.30. The Morgan fingerprint density at radius 1 is 0.867 bits per heavy atom. The van der Waals surface area contributed by atoms with Gasteiger partial charge in [0.1, 0.15) is 0 Å². The van der Waals surface area contributed by atoms with Crippen LogP contribution in [0.2, 0.25) is 0 Å². The maximum atomic E-state index is 13.4. The molecule has 1 amide bonds. The van der Waals surface area contributed by atoms with Crippen molar-refractivity contribution in [1.29, 1.82) is 0 Å². The van der Waals surface area contributed by atoms with Crippen molar-refractivity contribution < 1.29 is 4.79 Å². The summed E-state index contributed by atoms with van der Waals surface area (Å²) in [7, 11) is 2.13. The van der Waals surface area contributed by atoms with Gasteiger partial charge in [0.15, 0.2) is 0 Å². The SMILES string of the molecule is CCCCN1C(=O)c2ccccc2[C@@H]1c1c(-c2ccccc2)n(C)c2ccccc12. The van der Waals surface area contributed by atoms with Crippen LogP contribution in [-0.4, -0.2) is 21.9 Å². The van der Waals surface area contributed by atoms with Crippen molar-refractivity contribution in [1.82, 2.24) is 9.47 Å². The van der Waals surface area contributed by atoms with Gasteiger partial charge < -0.3 is 9.47 Å². The molecule has 30 heavy (non-hydrogen) atoms. The summed E-state index contributed by atoms with van der Waals surface area (Å²) in [5, 5.41) is 1.22. The molecule has 5 rings (SSSR count). The Morgan fingerprint density at radius 3 is 2.37 bits per heavy atom. The minimum Gasteiger partial charge on any atom is -0.343 e. The quantitative estimate of drug-likeness (QED) is 0.396. The number of aromatic nitrogens is 1. The second-order valence-electron chi connectivity index (χ2n) is 8.05. The lowest BCUT2D eigenvalue weighted by atomic mass is 9.93. The largest absolute Gasteiger partial charge is 0.343 e. The van der Waals surface area contributed by atoms with Gasteiger partial charge in [0.05, 0.1) is 11.7 Å². The molecule has 0 saturated heterocycles. The highest BCUT2D eigenvalue weighted by atomic mass is 16.2. The van der Waals surface area contributed by atoms with E-state index < -0.39 is 0 Å². The van der Waals surface area contributed by atoms with Gasteiger partial charge in [0.25, 0.3) is 5.91 Å². The molecule has 4 aromatic rings. The number of amides is 1. The van der Waals surface area contributed by atoms with Crippen LogP contribution in [0.15, 0.2) is 78.9 Å². The maximum Gasteiger partial charge on any atom is 0.255 e. The summed E-state index contributed by atoms with van der Waals surface area (Å²) in [6, 6.07) is 27.1. The number of carbonyl (C=O) groups is 1. The highest BCUT2D eigenvalue weighted by molar-refractivity contribution is 6.02. The van der Waals surface area contributed by atoms with Crippen LogP contribution < -0.4 is 0 Å². The predicted octanol–water partition coefficient (Wildman–Crippen LogP) is 6.19. The van der Waals surface area contributed by atoms with E-state index in [1.807, 2.05) is 18.2 Å². The minimum absolute atomic E-state index is 0.0680. The summed E-state index contributed by atoms with van der Waals surface area (Å²) in [6.07, 6.45) is 2.07. The molecular weight excluding hydrogens is 368 g/mol. The molecule has 0 spiro atoms. The van der Waals surface area contributed by atoms with Crippen LogP contribution in [0.4, 0.5) is 0 Å². The summed E-state index contributed by atoms with van der Waals surface area (Å²) in [5.41, 5.74) is 6.75. The zero-order valence-electron chi connectivity index (χ0n) is 17.5. The Hall–Kier alpha value is -3.33. The van der Waals surface area contributed by atoms with Gasteiger partial charge in [-0.25, -0.2) is 0 Å². The van der Waals surface area contributed by atoms with Crippen LogP contribution >= 0.6 is 0 Å². The fourth-order valence-corrected chi connectivity index (χ4v) is 4.89. The van der Waals surface area contributed by atoms with Crippen LogP contribution in [0.1, 0.15) is 47.3 Å². The van der Waals surface area contributed by atoms with E-state index in [1.54, 1.807) is 0 Å². The number of para-hydroxylation sites is 1. The molecule has 3 aromatic carbocycles. The number of benzene rings is 3. The van der Waals surface area contributed by atoms with Gasteiger partial charge in [-0.05, 0) is 29.7 Å². The summed E-state index contributed by atoms with van der Waals surface area (Å²) < 4.78 is 2.28. The smallest absolute Gasteiger partial charge is 0.255 e. The molecular formula is C27H26N2O. The first-order valence-electron chi connectivity index (χ1n) is 10.7. The Kier molecular flexibility index (Phi) is 4.66. The molecule has 1 aliphatic rings. The van der Waals surface area contributed by atoms with Crippen molar-refractivity contribution in [3.05, 3.63) is 95.6 Å². The Labute approximate surface area is 177 Å². The Bertz CT molecular complexity index is 1220. The second-order valence-corrected chi connectivity index (χ2v) is 8.05. The van der Waals surface area contributed by atoms with Gasteiger partial charge in [-0.1, -0.05) is 80.1 Å². The Balaban J connectivity index is 1.82. The number of hydrogen-bond acceptors (Lipinski definition) is 1. The van der Waals surface area contributed by atoms with Crippen molar-refractivity contribution >= 4 is 16.8 Å². The normalized spacial score (nSPS) is 15.7. The summed E-state index contributed by atoms with van der Waals surface area (Å²) in [5.74, 6) is 0.149. The zero-order valence-corrected chi connectivity index (χ0v) is 17.5. The third-order valence-corrected chi connectivity index (χ3v) is 6.28. The monoisotopic (exact) mass is 394 g/mol. The molecule has 0 N–H and O–H groups in total. The van der Waals surface area contributed by atoms with Gasteiger partial charge in [0.2, 0.25) is 0 Å². The average molecular weight is 395 g/mol. The maximum absolute atomic E-state index is 13.4. The van der Waals surface area contributed by atoms with E-state index in [1.165, 1.54) is 27.7 Å². The highest BCUT2D eigenvalue weighted by Gasteiger charge is 2.40. The number of aryl methyl sites for hydroxylation is 1. The van der Waals surface area contributed by atoms with Gasteiger partial charge in [0, 0.05) is 35.6 Å². The van der Waals surface area contributed by atoms with E-state index >= 15 is 0 Å². The van der Waals surface area contributed by atoms with Crippen molar-refractivity contribution in [3.63, 3.8) is 0 Å². The molecule has 1 aromatic heterocycles. The predicted molar refractivity (Wildman–Crippen MR) is 123 cm³/mol. The summed E-state index contributed by atoms with van der Waals surface area (Å²) in [6.45, 7) is 2.95. The molecule has 0 aliphatic carbocycles. The number of nitrogens with zero attached hydrogens (tertiary/aromatic N) is 2. The van der Waals surface area contributed by atoms with E-state index in [2.05, 4.69) is 84.1 Å². The summed E-state index contributed by atoms with van der Waals surface area (Å²) >= 11 is 0. The van der Waals surface area contributed by atoms with Crippen molar-refractivity contribution in [2.45, 2.75) is 25.8 Å². The van der Waals surface area contributed by atoms with Crippen molar-refractivity contribution in [3.8, 4) is 11.3 Å². The third kappa shape index (κ3) is 2.77. The van der Waals surface area contributed by atoms with Gasteiger partial charge in [-0.3, -0.25) is 4.79 Å². The van der Waals surface area contributed by atoms with Crippen LogP contribution in [0.25, 0.3) is 22.2 Å². The zero-order chi connectivity index (χ0) is 20.7. The fraction of sp³-hybridized carbons (Fsp3) is 0.222. The molecule has 0 radical (unpaired) electrons. The summed E-state index contributed by atoms with van der Waals surface area (Å²) in [4.78, 5) is 15.5. The lowest BCUT2D eigenvalue weighted by molar-refractivity contribution is 0.0748. The molecule has 0 bridgehead atoms. The molecule has 0 fully saturated rings. The van der Waals surface area contributed by atoms with Gasteiger partial charge in [-0.2, -0.15) is 0 Å². The number of fused-ring (bicyclic) bond motifs is 2. The van der Waals surface area contributed by atoms with Gasteiger partial charge >= 0.3 is 0 Å². The number of hydrogen-bond donors (Lipinski definition) is 0. The van der Waals surface area contributed by atoms with E-state index in [-0.39, 0.29) is 11.9 Å². The van der Waals surface area contributed by atoms with Crippen LogP contribution in [0.5, 0.6) is 0 Å². The molecule has 3 heteroatoms. The minimum atomic E-state index is -0.0680. The first-order valence-corrected chi connectivity index (χ1v) is 10.7. The second kappa shape index (κ2) is 7.49. The number of unbranched alkanes of at least 4 members (excludes halogenated alkanes) is 1. The molecule has 1 atom stereocenters. The molecule has 3 nitrogen and oxygen atoms in total.